The molecule has 0 saturated carbocycles. The fourth-order valence-electron chi connectivity index (χ4n) is 1.78. The summed E-state index contributed by atoms with van der Waals surface area (Å²) in [5.74, 6) is 0.863. The molecule has 1 heterocycles. The summed E-state index contributed by atoms with van der Waals surface area (Å²) in [5.41, 5.74) is 2.62. The number of aryl methyl sites for hydroxylation is 2. The predicted octanol–water partition coefficient (Wildman–Crippen LogP) is 2.90. The van der Waals surface area contributed by atoms with Crippen molar-refractivity contribution in [2.24, 2.45) is 0 Å². The van der Waals surface area contributed by atoms with Crippen LogP contribution in [0.3, 0.4) is 0 Å². The smallest absolute Gasteiger partial charge is 0.322 e. The molecule has 1 atom stereocenters. The van der Waals surface area contributed by atoms with Crippen LogP contribution in [0.1, 0.15) is 11.4 Å². The lowest BCUT2D eigenvalue weighted by Crippen LogP contribution is -2.20. The highest BCUT2D eigenvalue weighted by Gasteiger charge is 2.04. The van der Waals surface area contributed by atoms with Gasteiger partial charge in [0, 0.05) is 23.6 Å². The number of alkyl halides is 1. The van der Waals surface area contributed by atoms with E-state index in [1.54, 1.807) is 0 Å². The summed E-state index contributed by atoms with van der Waals surface area (Å²) in [6.45, 7) is 4.21. The van der Waals surface area contributed by atoms with Crippen LogP contribution in [0.15, 0.2) is 30.3 Å². The third-order valence-electron chi connectivity index (χ3n) is 2.75. The van der Waals surface area contributed by atoms with E-state index in [1.807, 2.05) is 44.2 Å². The largest absolute Gasteiger partial charge is 0.424 e. The van der Waals surface area contributed by atoms with Crippen LogP contribution < -0.4 is 10.1 Å². The summed E-state index contributed by atoms with van der Waals surface area (Å²) < 4.78 is 5.62. The summed E-state index contributed by atoms with van der Waals surface area (Å²) >= 11 is 5.54. The molecule has 0 saturated heterocycles. The van der Waals surface area contributed by atoms with E-state index in [0.717, 1.165) is 17.1 Å². The summed E-state index contributed by atoms with van der Waals surface area (Å²) in [4.78, 5) is 8.45. The number of nitrogens with zero attached hydrogens (tertiary/aromatic N) is 2. The van der Waals surface area contributed by atoms with Gasteiger partial charge in [0.1, 0.15) is 5.75 Å². The number of benzene rings is 1. The Bertz CT molecular complexity index is 570. The first-order valence-electron chi connectivity index (χ1n) is 6.65. The van der Waals surface area contributed by atoms with Gasteiger partial charge in [-0.2, -0.15) is 0 Å². The number of nitrogens with one attached hydrogen (secondary N) is 1. The molecule has 5 nitrogen and oxygen atoms in total. The lowest BCUT2D eigenvalue weighted by molar-refractivity contribution is 0.211. The maximum atomic E-state index is 9.38. The third-order valence-corrected chi connectivity index (χ3v) is 3.10. The van der Waals surface area contributed by atoms with Gasteiger partial charge in [-0.25, -0.2) is 9.97 Å². The zero-order chi connectivity index (χ0) is 15.2. The Morgan fingerprint density at radius 2 is 1.81 bits per heavy atom. The molecule has 2 rings (SSSR count). The van der Waals surface area contributed by atoms with E-state index in [0.29, 0.717) is 18.3 Å². The van der Waals surface area contributed by atoms with Crippen molar-refractivity contribution in [2.45, 2.75) is 20.0 Å². The molecule has 0 aliphatic rings. The fourth-order valence-corrected chi connectivity index (χ4v) is 1.88. The van der Waals surface area contributed by atoms with Crippen molar-refractivity contribution in [3.8, 4) is 11.8 Å². The Labute approximate surface area is 129 Å². The van der Waals surface area contributed by atoms with Gasteiger partial charge in [0.2, 0.25) is 0 Å². The van der Waals surface area contributed by atoms with Crippen LogP contribution in [-0.2, 0) is 0 Å². The lowest BCUT2D eigenvalue weighted by Gasteiger charge is -2.10. The second-order valence-corrected chi connectivity index (χ2v) is 5.06. The van der Waals surface area contributed by atoms with Gasteiger partial charge in [0.25, 0.3) is 0 Å². The Hall–Kier alpha value is -1.85. The predicted molar refractivity (Wildman–Crippen MR) is 83.2 cm³/mol. The Morgan fingerprint density at radius 1 is 1.19 bits per heavy atom. The summed E-state index contributed by atoms with van der Waals surface area (Å²) in [7, 11) is 0. The second-order valence-electron chi connectivity index (χ2n) is 4.75. The lowest BCUT2D eigenvalue weighted by atomic mass is 10.3. The van der Waals surface area contributed by atoms with E-state index in [4.69, 9.17) is 16.3 Å². The molecule has 1 aromatic heterocycles. The molecule has 0 bridgehead atoms. The minimum atomic E-state index is -0.564. The molecule has 0 fully saturated rings. The molecule has 0 aliphatic carbocycles. The van der Waals surface area contributed by atoms with E-state index >= 15 is 0 Å². The van der Waals surface area contributed by atoms with E-state index in [9.17, 15) is 5.11 Å². The summed E-state index contributed by atoms with van der Waals surface area (Å²) in [5, 5.41) is 12.5. The molecule has 0 aliphatic heterocycles. The molecular weight excluding hydrogens is 290 g/mol. The van der Waals surface area contributed by atoms with Crippen molar-refractivity contribution < 1.29 is 9.84 Å². The number of aromatic nitrogens is 2. The van der Waals surface area contributed by atoms with E-state index in [2.05, 4.69) is 15.3 Å². The van der Waals surface area contributed by atoms with Gasteiger partial charge < -0.3 is 15.2 Å². The molecular formula is C15H18ClN3O2. The molecule has 112 valence electrons. The van der Waals surface area contributed by atoms with Gasteiger partial charge in [-0.15, -0.1) is 11.6 Å². The zero-order valence-electron chi connectivity index (χ0n) is 12.0. The van der Waals surface area contributed by atoms with Crippen molar-refractivity contribution in [3.05, 3.63) is 41.7 Å². The van der Waals surface area contributed by atoms with Crippen LogP contribution in [0.4, 0.5) is 5.69 Å². The molecule has 6 heteroatoms. The Balaban J connectivity index is 1.98. The quantitative estimate of drug-likeness (QED) is 0.803. The molecule has 1 unspecified atom stereocenters. The number of rotatable bonds is 6. The third kappa shape index (κ3) is 4.88. The van der Waals surface area contributed by atoms with Crippen LogP contribution in [0.25, 0.3) is 0 Å². The fraction of sp³-hybridized carbons (Fsp3) is 0.333. The van der Waals surface area contributed by atoms with Gasteiger partial charge in [-0.1, -0.05) is 0 Å². The van der Waals surface area contributed by atoms with Gasteiger partial charge in [-0.3, -0.25) is 0 Å². The van der Waals surface area contributed by atoms with Crippen LogP contribution in [0.2, 0.25) is 0 Å². The number of hydrogen-bond donors (Lipinski definition) is 2. The highest BCUT2D eigenvalue weighted by molar-refractivity contribution is 6.18. The molecule has 2 N–H and O–H groups in total. The maximum absolute atomic E-state index is 9.38. The highest BCUT2D eigenvalue weighted by atomic mass is 35.5. The normalized spacial score (nSPS) is 12.0. The molecule has 2 aromatic rings. The van der Waals surface area contributed by atoms with Crippen molar-refractivity contribution in [3.63, 3.8) is 0 Å². The zero-order valence-corrected chi connectivity index (χ0v) is 12.8. The Kier molecular flexibility index (Phi) is 5.36. The number of halogens is 1. The average Bonchev–Trinajstić information content (AvgIpc) is 2.45. The van der Waals surface area contributed by atoms with E-state index in [1.165, 1.54) is 0 Å². The first kappa shape index (κ1) is 15.5. The van der Waals surface area contributed by atoms with Crippen molar-refractivity contribution in [2.75, 3.05) is 17.7 Å². The van der Waals surface area contributed by atoms with E-state index < -0.39 is 6.10 Å². The molecule has 1 aromatic carbocycles. The number of anilines is 1. The van der Waals surface area contributed by atoms with Crippen LogP contribution in [0.5, 0.6) is 11.8 Å². The number of aliphatic hydroxyl groups excluding tert-OH is 1. The van der Waals surface area contributed by atoms with Gasteiger partial charge in [0.05, 0.1) is 12.0 Å². The number of aliphatic hydroxyl groups is 1. The summed E-state index contributed by atoms with van der Waals surface area (Å²) in [6, 6.07) is 9.58. The minimum Gasteiger partial charge on any atom is -0.424 e. The van der Waals surface area contributed by atoms with E-state index in [-0.39, 0.29) is 5.88 Å². The molecule has 0 amide bonds. The first-order valence-corrected chi connectivity index (χ1v) is 7.18. The van der Waals surface area contributed by atoms with Crippen molar-refractivity contribution in [1.29, 1.82) is 0 Å². The summed E-state index contributed by atoms with van der Waals surface area (Å²) in [6.07, 6.45) is -0.564. The van der Waals surface area contributed by atoms with Crippen molar-refractivity contribution >= 4 is 17.3 Å². The molecule has 0 spiro atoms. The maximum Gasteiger partial charge on any atom is 0.322 e. The standard InChI is InChI=1S/C15H18ClN3O2/c1-10-7-11(2)19-15(18-10)21-14-5-3-12(4-6-14)17-9-13(20)8-16/h3-7,13,17,20H,8-9H2,1-2H3. The Morgan fingerprint density at radius 3 is 2.38 bits per heavy atom. The molecule has 0 radical (unpaired) electrons. The highest BCUT2D eigenvalue weighted by Crippen LogP contribution is 2.20. The number of ether oxygens (including phenoxy) is 1. The van der Waals surface area contributed by atoms with Gasteiger partial charge in [-0.05, 0) is 44.2 Å². The minimum absolute atomic E-state index is 0.207. The molecule has 21 heavy (non-hydrogen) atoms. The monoisotopic (exact) mass is 307 g/mol. The second kappa shape index (κ2) is 7.24. The SMILES string of the molecule is Cc1cc(C)nc(Oc2ccc(NCC(O)CCl)cc2)n1. The van der Waals surface area contributed by atoms with Gasteiger partial charge >= 0.3 is 6.01 Å². The first-order chi connectivity index (χ1) is 10.1. The van der Waals surface area contributed by atoms with Crippen LogP contribution in [0, 0.1) is 13.8 Å². The average molecular weight is 308 g/mol. The topological polar surface area (TPSA) is 67.3 Å². The number of hydrogen-bond acceptors (Lipinski definition) is 5. The van der Waals surface area contributed by atoms with Crippen molar-refractivity contribution in [1.82, 2.24) is 9.97 Å². The van der Waals surface area contributed by atoms with Gasteiger partial charge in [0.15, 0.2) is 0 Å². The van der Waals surface area contributed by atoms with Crippen LogP contribution >= 0.6 is 11.6 Å². The van der Waals surface area contributed by atoms with Crippen LogP contribution in [-0.4, -0.2) is 33.6 Å².